The number of carbonyl (C=O) groups excluding carboxylic acids is 1. The summed E-state index contributed by atoms with van der Waals surface area (Å²) in [5.74, 6) is -0.289. The van der Waals surface area contributed by atoms with Crippen molar-refractivity contribution in [3.63, 3.8) is 0 Å². The SMILES string of the molecule is CC1=NN(c2ccc(S(N)(=O)=O)cc2)C(=O)/C1=C\c1ccc2occc2c1. The Morgan fingerprint density at radius 3 is 2.56 bits per heavy atom. The van der Waals surface area contributed by atoms with Gasteiger partial charge in [-0.15, -0.1) is 0 Å². The number of nitrogens with two attached hydrogens (primary N) is 1. The lowest BCUT2D eigenvalue weighted by Crippen LogP contribution is -2.21. The molecule has 0 fully saturated rings. The first kappa shape index (κ1) is 17.2. The highest BCUT2D eigenvalue weighted by atomic mass is 32.2. The number of benzene rings is 2. The highest BCUT2D eigenvalue weighted by Gasteiger charge is 2.28. The molecular weight excluding hydrogens is 366 g/mol. The van der Waals surface area contributed by atoms with Gasteiger partial charge in [0.05, 0.1) is 28.1 Å². The number of hydrogen-bond acceptors (Lipinski definition) is 5. The Morgan fingerprint density at radius 2 is 1.85 bits per heavy atom. The molecule has 0 aliphatic carbocycles. The standard InChI is InChI=1S/C19H15N3O4S/c1-12-17(11-13-2-7-18-14(10-13)8-9-26-18)19(23)22(21-12)15-3-5-16(6-4-15)27(20,24)25/h2-11H,1H3,(H2,20,24,25)/b17-11-. The molecule has 1 amide bonds. The second-order valence-electron chi connectivity index (χ2n) is 6.12. The van der Waals surface area contributed by atoms with Crippen LogP contribution in [0.4, 0.5) is 5.69 Å². The van der Waals surface area contributed by atoms with Gasteiger partial charge in [-0.25, -0.2) is 13.6 Å². The zero-order valence-corrected chi connectivity index (χ0v) is 15.1. The summed E-state index contributed by atoms with van der Waals surface area (Å²) in [4.78, 5) is 12.8. The fourth-order valence-corrected chi connectivity index (χ4v) is 3.39. The fraction of sp³-hybridized carbons (Fsp3) is 0.0526. The Labute approximate surface area is 155 Å². The molecule has 27 heavy (non-hydrogen) atoms. The van der Waals surface area contributed by atoms with Crippen LogP contribution in [0.25, 0.3) is 17.0 Å². The minimum absolute atomic E-state index is 0.0252. The third-order valence-corrected chi connectivity index (χ3v) is 5.19. The van der Waals surface area contributed by atoms with Gasteiger partial charge in [0.15, 0.2) is 0 Å². The number of amides is 1. The Hall–Kier alpha value is -3.23. The van der Waals surface area contributed by atoms with Crippen LogP contribution < -0.4 is 10.1 Å². The average molecular weight is 381 g/mol. The molecule has 0 saturated heterocycles. The number of hydrogen-bond donors (Lipinski definition) is 1. The lowest BCUT2D eigenvalue weighted by Gasteiger charge is -2.12. The number of anilines is 1. The molecule has 2 N–H and O–H groups in total. The molecule has 1 aliphatic heterocycles. The molecule has 3 aromatic rings. The first-order valence-electron chi connectivity index (χ1n) is 8.05. The van der Waals surface area contributed by atoms with Crippen molar-refractivity contribution >= 4 is 44.4 Å². The van der Waals surface area contributed by atoms with Crippen LogP contribution in [0.15, 0.2) is 74.8 Å². The maximum atomic E-state index is 12.8. The Kier molecular flexibility index (Phi) is 3.94. The van der Waals surface area contributed by atoms with Gasteiger partial charge in [-0.2, -0.15) is 10.1 Å². The smallest absolute Gasteiger partial charge is 0.280 e. The Morgan fingerprint density at radius 1 is 1.11 bits per heavy atom. The first-order valence-corrected chi connectivity index (χ1v) is 9.59. The maximum Gasteiger partial charge on any atom is 0.280 e. The van der Waals surface area contributed by atoms with Gasteiger partial charge in [0, 0.05) is 5.39 Å². The van der Waals surface area contributed by atoms with Crippen LogP contribution in [0.2, 0.25) is 0 Å². The molecule has 0 radical (unpaired) electrons. The summed E-state index contributed by atoms with van der Waals surface area (Å²) in [6, 6.07) is 13.2. The van der Waals surface area contributed by atoms with E-state index in [0.717, 1.165) is 16.5 Å². The van der Waals surface area contributed by atoms with E-state index in [9.17, 15) is 13.2 Å². The summed E-state index contributed by atoms with van der Waals surface area (Å²) < 4.78 is 28.1. The average Bonchev–Trinajstić information content (AvgIpc) is 3.20. The van der Waals surface area contributed by atoms with Crippen LogP contribution in [-0.2, 0) is 14.8 Å². The van der Waals surface area contributed by atoms with Gasteiger partial charge in [0.25, 0.3) is 5.91 Å². The second-order valence-corrected chi connectivity index (χ2v) is 7.68. The normalized spacial score (nSPS) is 16.4. The van der Waals surface area contributed by atoms with Gasteiger partial charge in [0.2, 0.25) is 10.0 Å². The van der Waals surface area contributed by atoms with E-state index >= 15 is 0 Å². The quantitative estimate of drug-likeness (QED) is 0.704. The number of furan rings is 1. The van der Waals surface area contributed by atoms with Crippen LogP contribution >= 0.6 is 0 Å². The van der Waals surface area contributed by atoms with Crippen molar-refractivity contribution < 1.29 is 17.6 Å². The van der Waals surface area contributed by atoms with E-state index in [1.54, 1.807) is 19.3 Å². The molecule has 1 aromatic heterocycles. The lowest BCUT2D eigenvalue weighted by atomic mass is 10.1. The summed E-state index contributed by atoms with van der Waals surface area (Å²) in [5.41, 5.74) is 3.13. The summed E-state index contributed by atoms with van der Waals surface area (Å²) in [5, 5.41) is 11.6. The molecular formula is C19H15N3O4S. The number of rotatable bonds is 3. The van der Waals surface area contributed by atoms with Crippen LogP contribution in [0.1, 0.15) is 12.5 Å². The molecule has 136 valence electrons. The molecule has 0 spiro atoms. The molecule has 0 unspecified atom stereocenters. The topological polar surface area (TPSA) is 106 Å². The third-order valence-electron chi connectivity index (χ3n) is 4.26. The summed E-state index contributed by atoms with van der Waals surface area (Å²) in [7, 11) is -3.79. The molecule has 4 rings (SSSR count). The predicted octanol–water partition coefficient (Wildman–Crippen LogP) is 2.89. The van der Waals surface area contributed by atoms with Gasteiger partial charge < -0.3 is 4.42 Å². The van der Waals surface area contributed by atoms with Gasteiger partial charge in [-0.05, 0) is 61.0 Å². The second kappa shape index (κ2) is 6.19. The lowest BCUT2D eigenvalue weighted by molar-refractivity contribution is -0.114. The summed E-state index contributed by atoms with van der Waals surface area (Å²) >= 11 is 0. The number of fused-ring (bicyclic) bond motifs is 1. The molecule has 7 nitrogen and oxygen atoms in total. The minimum atomic E-state index is -3.79. The number of carbonyl (C=O) groups is 1. The van der Waals surface area contributed by atoms with Crippen molar-refractivity contribution in [1.82, 2.24) is 0 Å². The van der Waals surface area contributed by atoms with Gasteiger partial charge in [-0.1, -0.05) is 6.07 Å². The minimum Gasteiger partial charge on any atom is -0.464 e. The van der Waals surface area contributed by atoms with Crippen molar-refractivity contribution in [3.05, 3.63) is 65.9 Å². The monoisotopic (exact) mass is 381 g/mol. The van der Waals surface area contributed by atoms with Gasteiger partial charge >= 0.3 is 0 Å². The van der Waals surface area contributed by atoms with E-state index in [4.69, 9.17) is 9.56 Å². The Balaban J connectivity index is 1.66. The van der Waals surface area contributed by atoms with Crippen LogP contribution in [0, 0.1) is 0 Å². The van der Waals surface area contributed by atoms with E-state index in [1.165, 1.54) is 29.3 Å². The zero-order valence-electron chi connectivity index (χ0n) is 14.3. The molecule has 8 heteroatoms. The van der Waals surface area contributed by atoms with Crippen molar-refractivity contribution in [1.29, 1.82) is 0 Å². The van der Waals surface area contributed by atoms with E-state index < -0.39 is 10.0 Å². The summed E-state index contributed by atoms with van der Waals surface area (Å²) in [6.07, 6.45) is 3.38. The van der Waals surface area contributed by atoms with Gasteiger partial charge in [0.1, 0.15) is 5.58 Å². The van der Waals surface area contributed by atoms with Crippen molar-refractivity contribution in [2.45, 2.75) is 11.8 Å². The van der Waals surface area contributed by atoms with Crippen molar-refractivity contribution in [2.75, 3.05) is 5.01 Å². The molecule has 2 heterocycles. The predicted molar refractivity (Wildman–Crippen MR) is 103 cm³/mol. The van der Waals surface area contributed by atoms with E-state index in [-0.39, 0.29) is 10.8 Å². The highest BCUT2D eigenvalue weighted by molar-refractivity contribution is 7.89. The van der Waals surface area contributed by atoms with Crippen molar-refractivity contribution in [3.8, 4) is 0 Å². The third kappa shape index (κ3) is 3.16. The first-order chi connectivity index (χ1) is 12.8. The van der Waals surface area contributed by atoms with Gasteiger partial charge in [-0.3, -0.25) is 4.79 Å². The van der Waals surface area contributed by atoms with Crippen LogP contribution in [0.5, 0.6) is 0 Å². The molecule has 0 saturated carbocycles. The largest absolute Gasteiger partial charge is 0.464 e. The van der Waals surface area contributed by atoms with E-state index in [1.807, 2.05) is 24.3 Å². The number of primary sulfonamides is 1. The fourth-order valence-electron chi connectivity index (χ4n) is 2.88. The van der Waals surface area contributed by atoms with E-state index in [0.29, 0.717) is 17.0 Å². The van der Waals surface area contributed by atoms with Crippen LogP contribution in [-0.4, -0.2) is 20.0 Å². The molecule has 2 aromatic carbocycles. The zero-order chi connectivity index (χ0) is 19.2. The number of sulfonamides is 1. The summed E-state index contributed by atoms with van der Waals surface area (Å²) in [6.45, 7) is 1.75. The maximum absolute atomic E-state index is 12.8. The number of nitrogens with zero attached hydrogens (tertiary/aromatic N) is 2. The highest BCUT2D eigenvalue weighted by Crippen LogP contribution is 2.27. The molecule has 1 aliphatic rings. The van der Waals surface area contributed by atoms with Crippen molar-refractivity contribution in [2.24, 2.45) is 10.2 Å². The van der Waals surface area contributed by atoms with Crippen LogP contribution in [0.3, 0.4) is 0 Å². The molecule has 0 atom stereocenters. The Bertz CT molecular complexity index is 1220. The van der Waals surface area contributed by atoms with E-state index in [2.05, 4.69) is 5.10 Å². The molecule has 0 bridgehead atoms. The number of hydrazone groups is 1.